The van der Waals surface area contributed by atoms with Crippen molar-refractivity contribution in [2.45, 2.75) is 0 Å². The third-order valence-corrected chi connectivity index (χ3v) is 3.93. The Morgan fingerprint density at radius 2 is 1.65 bits per heavy atom. The molecule has 0 saturated carbocycles. The van der Waals surface area contributed by atoms with Crippen molar-refractivity contribution in [2.24, 2.45) is 0 Å². The number of nitrogens with one attached hydrogen (secondary N) is 1. The summed E-state index contributed by atoms with van der Waals surface area (Å²) in [5, 5.41) is 9.78. The van der Waals surface area contributed by atoms with Gasteiger partial charge in [0.1, 0.15) is 0 Å². The smallest absolute Gasteiger partial charge is 0.181 e. The minimum Gasteiger partial charge on any atom is -0.259 e. The fourth-order valence-electron chi connectivity index (χ4n) is 2.71. The van der Waals surface area contributed by atoms with Gasteiger partial charge >= 0.3 is 0 Å². The lowest BCUT2D eigenvalue weighted by Crippen LogP contribution is -1.84. The summed E-state index contributed by atoms with van der Waals surface area (Å²) in [5.41, 5.74) is 3.13. The Labute approximate surface area is 134 Å². The molecule has 0 amide bonds. The summed E-state index contributed by atoms with van der Waals surface area (Å²) in [5.74, 6) is 1.48. The molecule has 1 N–H and O–H groups in total. The van der Waals surface area contributed by atoms with Crippen LogP contribution in [-0.2, 0) is 0 Å². The fraction of sp³-hybridized carbons (Fsp3) is 0. The van der Waals surface area contributed by atoms with Crippen LogP contribution in [0.15, 0.2) is 73.3 Å². The predicted molar refractivity (Wildman–Crippen MR) is 94.9 cm³/mol. The van der Waals surface area contributed by atoms with Crippen molar-refractivity contribution in [3.8, 4) is 22.8 Å². The van der Waals surface area contributed by atoms with Crippen molar-refractivity contribution in [3.63, 3.8) is 0 Å². The largest absolute Gasteiger partial charge is 0.259 e. The van der Waals surface area contributed by atoms with Crippen molar-refractivity contribution in [1.29, 1.82) is 0 Å². The molecule has 1 aromatic heterocycles. The number of H-pyrrole nitrogens is 1. The van der Waals surface area contributed by atoms with E-state index < -0.39 is 0 Å². The first-order valence-corrected chi connectivity index (χ1v) is 7.48. The SMILES string of the molecule is C=Cc1ccc(-c2n[nH]c(-c3cccc4ccccc34)n2)cc1. The summed E-state index contributed by atoms with van der Waals surface area (Å²) in [6.45, 7) is 3.77. The van der Waals surface area contributed by atoms with E-state index in [-0.39, 0.29) is 0 Å². The average Bonchev–Trinajstić information content (AvgIpc) is 3.11. The number of aromatic amines is 1. The van der Waals surface area contributed by atoms with Gasteiger partial charge < -0.3 is 0 Å². The van der Waals surface area contributed by atoms with Crippen molar-refractivity contribution in [2.75, 3.05) is 0 Å². The van der Waals surface area contributed by atoms with Crippen molar-refractivity contribution < 1.29 is 0 Å². The van der Waals surface area contributed by atoms with E-state index in [0.29, 0.717) is 5.82 Å². The lowest BCUT2D eigenvalue weighted by Gasteiger charge is -2.02. The molecule has 4 rings (SSSR count). The van der Waals surface area contributed by atoms with E-state index in [4.69, 9.17) is 0 Å². The normalized spacial score (nSPS) is 10.8. The van der Waals surface area contributed by atoms with E-state index >= 15 is 0 Å². The van der Waals surface area contributed by atoms with Gasteiger partial charge in [-0.1, -0.05) is 79.4 Å². The Bertz CT molecular complexity index is 976. The molecule has 3 nitrogen and oxygen atoms in total. The maximum atomic E-state index is 4.66. The van der Waals surface area contributed by atoms with Crippen LogP contribution in [0.2, 0.25) is 0 Å². The van der Waals surface area contributed by atoms with Crippen molar-refractivity contribution >= 4 is 16.8 Å². The summed E-state index contributed by atoms with van der Waals surface area (Å²) in [7, 11) is 0. The van der Waals surface area contributed by atoms with Crippen molar-refractivity contribution in [1.82, 2.24) is 15.2 Å². The Morgan fingerprint density at radius 3 is 2.48 bits per heavy atom. The van der Waals surface area contributed by atoms with Gasteiger partial charge in [0.2, 0.25) is 0 Å². The Kier molecular flexibility index (Phi) is 3.24. The number of hydrogen-bond donors (Lipinski definition) is 1. The van der Waals surface area contributed by atoms with E-state index in [2.05, 4.69) is 46.0 Å². The second-order valence-corrected chi connectivity index (χ2v) is 5.36. The summed E-state index contributed by atoms with van der Waals surface area (Å²) in [4.78, 5) is 4.66. The molecule has 1 heterocycles. The molecule has 3 aromatic carbocycles. The molecule has 0 aliphatic heterocycles. The highest BCUT2D eigenvalue weighted by molar-refractivity contribution is 5.95. The molecule has 0 atom stereocenters. The van der Waals surface area contributed by atoms with E-state index in [1.54, 1.807) is 0 Å². The van der Waals surface area contributed by atoms with Crippen LogP contribution >= 0.6 is 0 Å². The maximum absolute atomic E-state index is 4.66. The molecular formula is C20H15N3. The molecule has 3 heteroatoms. The summed E-state index contributed by atoms with van der Waals surface area (Å²) >= 11 is 0. The van der Waals surface area contributed by atoms with Gasteiger partial charge in [-0.05, 0) is 16.3 Å². The molecule has 110 valence electrons. The molecule has 0 aliphatic rings. The quantitative estimate of drug-likeness (QED) is 0.582. The van der Waals surface area contributed by atoms with Gasteiger partial charge in [-0.25, -0.2) is 4.98 Å². The van der Waals surface area contributed by atoms with E-state index in [1.807, 2.05) is 48.5 Å². The van der Waals surface area contributed by atoms with Gasteiger partial charge in [0.15, 0.2) is 11.6 Å². The van der Waals surface area contributed by atoms with Gasteiger partial charge in [0.05, 0.1) is 0 Å². The van der Waals surface area contributed by atoms with Crippen LogP contribution in [0.5, 0.6) is 0 Å². The fourth-order valence-corrected chi connectivity index (χ4v) is 2.71. The summed E-state index contributed by atoms with van der Waals surface area (Å²) in [6.07, 6.45) is 1.82. The zero-order valence-corrected chi connectivity index (χ0v) is 12.5. The van der Waals surface area contributed by atoms with Gasteiger partial charge in [-0.15, -0.1) is 0 Å². The molecule has 0 aliphatic carbocycles. The molecule has 0 radical (unpaired) electrons. The summed E-state index contributed by atoms with van der Waals surface area (Å²) in [6, 6.07) is 22.5. The molecular weight excluding hydrogens is 282 g/mol. The zero-order chi connectivity index (χ0) is 15.6. The van der Waals surface area contributed by atoms with Crippen LogP contribution in [0.4, 0.5) is 0 Å². The highest BCUT2D eigenvalue weighted by Gasteiger charge is 2.10. The second-order valence-electron chi connectivity index (χ2n) is 5.36. The molecule has 0 spiro atoms. The van der Waals surface area contributed by atoms with Crippen molar-refractivity contribution in [3.05, 3.63) is 78.9 Å². The van der Waals surface area contributed by atoms with E-state index in [0.717, 1.165) is 22.5 Å². The first-order valence-electron chi connectivity index (χ1n) is 7.48. The molecule has 4 aromatic rings. The van der Waals surface area contributed by atoms with Gasteiger partial charge in [-0.3, -0.25) is 5.10 Å². The van der Waals surface area contributed by atoms with Crippen LogP contribution < -0.4 is 0 Å². The van der Waals surface area contributed by atoms with Crippen LogP contribution in [0.25, 0.3) is 39.6 Å². The molecule has 0 bridgehead atoms. The topological polar surface area (TPSA) is 41.6 Å². The minimum absolute atomic E-state index is 0.698. The first-order chi connectivity index (χ1) is 11.3. The number of aromatic nitrogens is 3. The number of fused-ring (bicyclic) bond motifs is 1. The lowest BCUT2D eigenvalue weighted by molar-refractivity contribution is 1.10. The molecule has 0 fully saturated rings. The molecule has 0 saturated heterocycles. The third kappa shape index (κ3) is 2.42. The Hall–Kier alpha value is -3.20. The zero-order valence-electron chi connectivity index (χ0n) is 12.5. The Balaban J connectivity index is 1.78. The number of hydrogen-bond acceptors (Lipinski definition) is 2. The van der Waals surface area contributed by atoms with Crippen LogP contribution in [0.1, 0.15) is 5.56 Å². The van der Waals surface area contributed by atoms with Gasteiger partial charge in [0.25, 0.3) is 0 Å². The number of nitrogens with zero attached hydrogens (tertiary/aromatic N) is 2. The average molecular weight is 297 g/mol. The standard InChI is InChI=1S/C20H15N3/c1-2-14-10-12-16(13-11-14)19-21-20(23-22-19)18-9-5-7-15-6-3-4-8-17(15)18/h2-13H,1H2,(H,21,22,23). The predicted octanol–water partition coefficient (Wildman–Crippen LogP) is 4.93. The van der Waals surface area contributed by atoms with Crippen LogP contribution in [-0.4, -0.2) is 15.2 Å². The summed E-state index contributed by atoms with van der Waals surface area (Å²) < 4.78 is 0. The maximum Gasteiger partial charge on any atom is 0.181 e. The van der Waals surface area contributed by atoms with Gasteiger partial charge in [-0.2, -0.15) is 5.10 Å². The monoisotopic (exact) mass is 297 g/mol. The van der Waals surface area contributed by atoms with Crippen LogP contribution in [0.3, 0.4) is 0 Å². The number of benzene rings is 3. The Morgan fingerprint density at radius 1 is 0.870 bits per heavy atom. The molecule has 0 unspecified atom stereocenters. The second kappa shape index (κ2) is 5.54. The number of rotatable bonds is 3. The highest BCUT2D eigenvalue weighted by Crippen LogP contribution is 2.27. The first kappa shape index (κ1) is 13.5. The minimum atomic E-state index is 0.698. The molecule has 23 heavy (non-hydrogen) atoms. The lowest BCUT2D eigenvalue weighted by atomic mass is 10.0. The van der Waals surface area contributed by atoms with E-state index in [1.165, 1.54) is 10.8 Å². The van der Waals surface area contributed by atoms with Crippen LogP contribution in [0, 0.1) is 0 Å². The highest BCUT2D eigenvalue weighted by atomic mass is 15.2. The van der Waals surface area contributed by atoms with E-state index in [9.17, 15) is 0 Å². The van der Waals surface area contributed by atoms with Gasteiger partial charge in [0, 0.05) is 11.1 Å². The third-order valence-electron chi connectivity index (χ3n) is 3.93.